The number of piperazine rings is 1. The zero-order valence-corrected chi connectivity index (χ0v) is 15.3. The minimum atomic E-state index is -0.123. The van der Waals surface area contributed by atoms with Crippen molar-refractivity contribution in [3.05, 3.63) is 35.9 Å². The Bertz CT molecular complexity index is 597. The lowest BCUT2D eigenvalue weighted by Crippen LogP contribution is -2.64. The molecule has 3 fully saturated rings. The molecule has 5 heteroatoms. The Morgan fingerprint density at radius 2 is 1.80 bits per heavy atom. The molecule has 25 heavy (non-hydrogen) atoms. The van der Waals surface area contributed by atoms with Crippen molar-refractivity contribution < 1.29 is 9.53 Å². The minimum Gasteiger partial charge on any atom is -0.446 e. The molecule has 0 bridgehead atoms. The van der Waals surface area contributed by atoms with Crippen molar-refractivity contribution in [3.8, 4) is 0 Å². The third-order valence-corrected chi connectivity index (χ3v) is 6.00. The zero-order chi connectivity index (χ0) is 17.4. The van der Waals surface area contributed by atoms with Crippen molar-refractivity contribution in [2.75, 3.05) is 26.2 Å². The molecule has 2 heterocycles. The number of ether oxygens (including phenoxy) is 1. The van der Waals surface area contributed by atoms with Crippen molar-refractivity contribution in [1.82, 2.24) is 15.1 Å². The van der Waals surface area contributed by atoms with Gasteiger partial charge in [-0.05, 0) is 32.3 Å². The highest BCUT2D eigenvalue weighted by atomic mass is 16.6. The van der Waals surface area contributed by atoms with E-state index in [1.165, 1.54) is 5.56 Å². The van der Waals surface area contributed by atoms with E-state index < -0.39 is 0 Å². The lowest BCUT2D eigenvalue weighted by molar-refractivity contribution is -0.138. The molecule has 1 aromatic carbocycles. The van der Waals surface area contributed by atoms with Gasteiger partial charge in [-0.1, -0.05) is 30.3 Å². The molecule has 1 aliphatic carbocycles. The van der Waals surface area contributed by atoms with Crippen LogP contribution in [0.2, 0.25) is 0 Å². The van der Waals surface area contributed by atoms with Crippen molar-refractivity contribution >= 4 is 6.09 Å². The fraction of sp³-hybridized carbons (Fsp3) is 0.650. The van der Waals surface area contributed by atoms with Gasteiger partial charge in [0.2, 0.25) is 0 Å². The molecular weight excluding hydrogens is 314 g/mol. The summed E-state index contributed by atoms with van der Waals surface area (Å²) in [7, 11) is 0. The van der Waals surface area contributed by atoms with Crippen molar-refractivity contribution in [2.45, 2.75) is 51.4 Å². The van der Waals surface area contributed by atoms with Gasteiger partial charge in [-0.3, -0.25) is 4.90 Å². The molecule has 0 aromatic heterocycles. The largest absolute Gasteiger partial charge is 0.446 e. The van der Waals surface area contributed by atoms with Crippen LogP contribution in [0, 0.1) is 5.41 Å². The Hall–Kier alpha value is -1.59. The highest BCUT2D eigenvalue weighted by molar-refractivity contribution is 5.69. The molecule has 3 aliphatic rings. The Morgan fingerprint density at radius 3 is 2.44 bits per heavy atom. The summed E-state index contributed by atoms with van der Waals surface area (Å²) in [6, 6.07) is 11.0. The van der Waals surface area contributed by atoms with Gasteiger partial charge in [0, 0.05) is 50.2 Å². The molecule has 1 N–H and O–H groups in total. The standard InChI is InChI=1S/C20H29N3O2/c1-15-10-21-11-16(2)23(15)19(24)25-18-8-20(9-18)13-22(14-20)12-17-6-4-3-5-7-17/h3-7,15-16,18,21H,8-14H2,1-2H3/t15-,16-/m1/s1. The molecule has 2 aliphatic heterocycles. The number of carbonyl (C=O) groups excluding carboxylic acids is 1. The van der Waals surface area contributed by atoms with Crippen molar-refractivity contribution in [3.63, 3.8) is 0 Å². The van der Waals surface area contributed by atoms with Crippen LogP contribution in [-0.2, 0) is 11.3 Å². The summed E-state index contributed by atoms with van der Waals surface area (Å²) < 4.78 is 5.79. The molecule has 0 unspecified atom stereocenters. The highest BCUT2D eigenvalue weighted by Gasteiger charge is 2.53. The topological polar surface area (TPSA) is 44.8 Å². The number of likely N-dealkylation sites (tertiary alicyclic amines) is 1. The van der Waals surface area contributed by atoms with E-state index in [1.54, 1.807) is 0 Å². The van der Waals surface area contributed by atoms with Gasteiger partial charge in [-0.25, -0.2) is 4.79 Å². The highest BCUT2D eigenvalue weighted by Crippen LogP contribution is 2.50. The second kappa shape index (κ2) is 6.61. The maximum absolute atomic E-state index is 12.5. The predicted octanol–water partition coefficient (Wildman–Crippen LogP) is 2.47. The summed E-state index contributed by atoms with van der Waals surface area (Å²) in [6.07, 6.45) is 2.04. The van der Waals surface area contributed by atoms with E-state index in [2.05, 4.69) is 54.4 Å². The molecule has 4 rings (SSSR count). The van der Waals surface area contributed by atoms with Crippen LogP contribution in [-0.4, -0.2) is 60.3 Å². The van der Waals surface area contributed by atoms with Gasteiger partial charge < -0.3 is 15.0 Å². The molecule has 136 valence electrons. The van der Waals surface area contributed by atoms with Crippen LogP contribution >= 0.6 is 0 Å². The Morgan fingerprint density at radius 1 is 1.16 bits per heavy atom. The van der Waals surface area contributed by atoms with E-state index in [4.69, 9.17) is 4.74 Å². The average molecular weight is 343 g/mol. The zero-order valence-electron chi connectivity index (χ0n) is 15.3. The summed E-state index contributed by atoms with van der Waals surface area (Å²) in [6.45, 7) is 9.17. The van der Waals surface area contributed by atoms with Gasteiger partial charge in [0.25, 0.3) is 0 Å². The predicted molar refractivity (Wildman–Crippen MR) is 97.3 cm³/mol. The summed E-state index contributed by atoms with van der Waals surface area (Å²) >= 11 is 0. The number of hydrogen-bond acceptors (Lipinski definition) is 4. The van der Waals surface area contributed by atoms with Gasteiger partial charge in [0.15, 0.2) is 0 Å². The first-order valence-corrected chi connectivity index (χ1v) is 9.51. The van der Waals surface area contributed by atoms with E-state index >= 15 is 0 Å². The maximum atomic E-state index is 12.5. The van der Waals surface area contributed by atoms with Crippen LogP contribution < -0.4 is 5.32 Å². The smallest absolute Gasteiger partial charge is 0.410 e. The van der Waals surface area contributed by atoms with Gasteiger partial charge in [0.05, 0.1) is 0 Å². The first kappa shape index (κ1) is 16.9. The number of hydrogen-bond donors (Lipinski definition) is 1. The van der Waals surface area contributed by atoms with Gasteiger partial charge in [-0.2, -0.15) is 0 Å². The van der Waals surface area contributed by atoms with Crippen LogP contribution in [0.3, 0.4) is 0 Å². The molecule has 1 spiro atoms. The molecule has 2 atom stereocenters. The molecule has 1 saturated carbocycles. The average Bonchev–Trinajstić information content (AvgIpc) is 2.51. The van der Waals surface area contributed by atoms with Gasteiger partial charge in [0.1, 0.15) is 6.10 Å². The molecule has 1 amide bonds. The fourth-order valence-electron chi connectivity index (χ4n) is 4.80. The van der Waals surface area contributed by atoms with Gasteiger partial charge in [-0.15, -0.1) is 0 Å². The number of nitrogens with one attached hydrogen (secondary N) is 1. The van der Waals surface area contributed by atoms with E-state index in [1.807, 2.05) is 4.90 Å². The van der Waals surface area contributed by atoms with Crippen LogP contribution in [0.4, 0.5) is 4.79 Å². The van der Waals surface area contributed by atoms with Crippen LogP contribution in [0.5, 0.6) is 0 Å². The SMILES string of the molecule is C[C@@H]1CNC[C@@H](C)N1C(=O)OC1CC2(C1)CN(Cc1ccccc1)C2. The minimum absolute atomic E-state index is 0.112. The molecule has 5 nitrogen and oxygen atoms in total. The monoisotopic (exact) mass is 343 g/mol. The lowest BCUT2D eigenvalue weighted by Gasteiger charge is -2.58. The van der Waals surface area contributed by atoms with Crippen molar-refractivity contribution in [2.24, 2.45) is 5.41 Å². The van der Waals surface area contributed by atoms with Crippen LogP contribution in [0.1, 0.15) is 32.3 Å². The van der Waals surface area contributed by atoms with E-state index in [0.29, 0.717) is 5.41 Å². The number of rotatable bonds is 3. The molecule has 2 saturated heterocycles. The molecule has 0 radical (unpaired) electrons. The van der Waals surface area contributed by atoms with Gasteiger partial charge >= 0.3 is 6.09 Å². The third kappa shape index (κ3) is 3.40. The van der Waals surface area contributed by atoms with E-state index in [9.17, 15) is 4.79 Å². The Labute approximate surface area is 150 Å². The number of benzene rings is 1. The Kier molecular flexibility index (Phi) is 4.46. The fourth-order valence-corrected chi connectivity index (χ4v) is 4.80. The number of nitrogens with zero attached hydrogens (tertiary/aromatic N) is 2. The second-order valence-electron chi connectivity index (χ2n) is 8.31. The third-order valence-electron chi connectivity index (χ3n) is 6.00. The lowest BCUT2D eigenvalue weighted by atomic mass is 9.61. The van der Waals surface area contributed by atoms with Crippen LogP contribution in [0.25, 0.3) is 0 Å². The van der Waals surface area contributed by atoms with E-state index in [0.717, 1.165) is 45.6 Å². The van der Waals surface area contributed by atoms with Crippen LogP contribution in [0.15, 0.2) is 30.3 Å². The summed E-state index contributed by atoms with van der Waals surface area (Å²) in [5.74, 6) is 0. The first-order valence-electron chi connectivity index (χ1n) is 9.51. The number of amides is 1. The molecular formula is C20H29N3O2. The van der Waals surface area contributed by atoms with Crippen molar-refractivity contribution in [1.29, 1.82) is 0 Å². The summed E-state index contributed by atoms with van der Waals surface area (Å²) in [5.41, 5.74) is 1.78. The Balaban J connectivity index is 1.21. The second-order valence-corrected chi connectivity index (χ2v) is 8.31. The number of carbonyl (C=O) groups is 1. The maximum Gasteiger partial charge on any atom is 0.410 e. The quantitative estimate of drug-likeness (QED) is 0.916. The van der Waals surface area contributed by atoms with E-state index in [-0.39, 0.29) is 24.3 Å². The summed E-state index contributed by atoms with van der Waals surface area (Å²) in [4.78, 5) is 16.9. The molecule has 1 aromatic rings. The summed E-state index contributed by atoms with van der Waals surface area (Å²) in [5, 5.41) is 3.35. The first-order chi connectivity index (χ1) is 12.0. The normalized spacial score (nSPS) is 29.1.